The van der Waals surface area contributed by atoms with Gasteiger partial charge in [-0.2, -0.15) is 0 Å². The van der Waals surface area contributed by atoms with Gasteiger partial charge in [0.05, 0.1) is 5.02 Å². The van der Waals surface area contributed by atoms with Crippen LogP contribution in [0.1, 0.15) is 25.8 Å². The highest BCUT2D eigenvalue weighted by Gasteiger charge is 2.12. The molecular weight excluding hydrogens is 215 g/mol. The van der Waals surface area contributed by atoms with Gasteiger partial charge in [0.1, 0.15) is 11.6 Å². The molecule has 0 aliphatic heterocycles. The molecule has 0 aliphatic carbocycles. The van der Waals surface area contributed by atoms with Gasteiger partial charge >= 0.3 is 0 Å². The maximum atomic E-state index is 12.9. The van der Waals surface area contributed by atoms with Crippen LogP contribution in [0.2, 0.25) is 5.02 Å². The fraction of sp³-hybridized carbons (Fsp3) is 0.417. The Morgan fingerprint density at radius 3 is 2.73 bits per heavy atom. The van der Waals surface area contributed by atoms with Crippen LogP contribution in [0.5, 0.6) is 0 Å². The minimum atomic E-state index is -0.421. The first kappa shape index (κ1) is 12.2. The van der Waals surface area contributed by atoms with E-state index in [1.165, 1.54) is 6.07 Å². The summed E-state index contributed by atoms with van der Waals surface area (Å²) in [7, 11) is 0. The molecular formula is C12H14ClFO. The van der Waals surface area contributed by atoms with Crippen molar-refractivity contribution >= 4 is 17.4 Å². The van der Waals surface area contributed by atoms with Gasteiger partial charge in [0.25, 0.3) is 0 Å². The Kier molecular flexibility index (Phi) is 4.28. The molecule has 0 N–H and O–H groups in total. The monoisotopic (exact) mass is 228 g/mol. The van der Waals surface area contributed by atoms with E-state index in [1.54, 1.807) is 12.1 Å². The second kappa shape index (κ2) is 5.26. The molecule has 0 radical (unpaired) electrons. The summed E-state index contributed by atoms with van der Waals surface area (Å²) in [6, 6.07) is 4.58. The van der Waals surface area contributed by atoms with Gasteiger partial charge in [-0.25, -0.2) is 4.39 Å². The van der Waals surface area contributed by atoms with Crippen molar-refractivity contribution in [3.05, 3.63) is 34.6 Å². The van der Waals surface area contributed by atoms with Crippen molar-refractivity contribution in [3.63, 3.8) is 0 Å². The Balaban J connectivity index is 2.73. The highest BCUT2D eigenvalue weighted by Crippen LogP contribution is 2.18. The molecule has 0 fully saturated rings. The van der Waals surface area contributed by atoms with Crippen molar-refractivity contribution < 1.29 is 9.18 Å². The van der Waals surface area contributed by atoms with Crippen LogP contribution in [0.4, 0.5) is 4.39 Å². The fourth-order valence-electron chi connectivity index (χ4n) is 1.48. The van der Waals surface area contributed by atoms with E-state index in [0.717, 1.165) is 5.56 Å². The second-order valence-electron chi connectivity index (χ2n) is 3.67. The number of hydrogen-bond donors (Lipinski definition) is 0. The zero-order valence-electron chi connectivity index (χ0n) is 8.89. The largest absolute Gasteiger partial charge is 0.299 e. The smallest absolute Gasteiger partial charge is 0.141 e. The van der Waals surface area contributed by atoms with Crippen LogP contribution < -0.4 is 0 Å². The summed E-state index contributed by atoms with van der Waals surface area (Å²) in [5.41, 5.74) is 0.899. The number of hydrogen-bond acceptors (Lipinski definition) is 1. The van der Waals surface area contributed by atoms with Crippen LogP contribution in [0.25, 0.3) is 0 Å². The van der Waals surface area contributed by atoms with Gasteiger partial charge < -0.3 is 0 Å². The van der Waals surface area contributed by atoms with Crippen molar-refractivity contribution in [2.75, 3.05) is 0 Å². The summed E-state index contributed by atoms with van der Waals surface area (Å²) < 4.78 is 12.9. The Morgan fingerprint density at radius 1 is 1.53 bits per heavy atom. The van der Waals surface area contributed by atoms with Crippen LogP contribution in [0, 0.1) is 11.7 Å². The van der Waals surface area contributed by atoms with Crippen LogP contribution >= 0.6 is 11.6 Å². The van der Waals surface area contributed by atoms with Crippen molar-refractivity contribution in [3.8, 4) is 0 Å². The van der Waals surface area contributed by atoms with Crippen LogP contribution in [-0.4, -0.2) is 5.78 Å². The average Bonchev–Trinajstić information content (AvgIpc) is 2.22. The Bertz CT molecular complexity index is 363. The second-order valence-corrected chi connectivity index (χ2v) is 4.08. The quantitative estimate of drug-likeness (QED) is 0.769. The molecule has 0 aliphatic rings. The predicted octanol–water partition coefficient (Wildman–Crippen LogP) is 3.64. The van der Waals surface area contributed by atoms with Crippen molar-refractivity contribution in [1.82, 2.24) is 0 Å². The molecule has 3 heteroatoms. The normalized spacial score (nSPS) is 12.5. The first-order chi connectivity index (χ1) is 7.04. The molecule has 0 heterocycles. The third-order valence-corrected chi connectivity index (χ3v) is 2.71. The minimum absolute atomic E-state index is 0.0310. The zero-order valence-corrected chi connectivity index (χ0v) is 9.64. The number of benzene rings is 1. The Hall–Kier alpha value is -0.890. The molecule has 1 nitrogen and oxygen atoms in total. The van der Waals surface area contributed by atoms with E-state index in [0.29, 0.717) is 12.8 Å². The molecule has 1 aromatic carbocycles. The molecule has 1 rings (SSSR count). The molecule has 0 saturated heterocycles. The van der Waals surface area contributed by atoms with E-state index in [-0.39, 0.29) is 16.7 Å². The lowest BCUT2D eigenvalue weighted by Crippen LogP contribution is -2.12. The molecule has 1 atom stereocenters. The highest BCUT2D eigenvalue weighted by molar-refractivity contribution is 6.30. The van der Waals surface area contributed by atoms with Crippen molar-refractivity contribution in [1.29, 1.82) is 0 Å². The Labute approximate surface area is 94.3 Å². The van der Waals surface area contributed by atoms with Gasteiger partial charge in [-0.15, -0.1) is 0 Å². The first-order valence-electron chi connectivity index (χ1n) is 5.01. The maximum absolute atomic E-state index is 12.9. The summed E-state index contributed by atoms with van der Waals surface area (Å²) >= 11 is 5.65. The van der Waals surface area contributed by atoms with Gasteiger partial charge in [0.2, 0.25) is 0 Å². The van der Waals surface area contributed by atoms with E-state index in [1.807, 2.05) is 13.8 Å². The van der Waals surface area contributed by atoms with Crippen LogP contribution in [0.15, 0.2) is 18.2 Å². The molecule has 1 aromatic rings. The van der Waals surface area contributed by atoms with Crippen molar-refractivity contribution in [2.24, 2.45) is 5.92 Å². The lowest BCUT2D eigenvalue weighted by atomic mass is 9.96. The number of Topliss-reactive ketones (excluding diaryl/α,β-unsaturated/α-hetero) is 1. The molecule has 82 valence electrons. The van der Waals surface area contributed by atoms with E-state index in [2.05, 4.69) is 0 Å². The van der Waals surface area contributed by atoms with Gasteiger partial charge in [-0.05, 0) is 24.1 Å². The van der Waals surface area contributed by atoms with E-state index >= 15 is 0 Å². The van der Waals surface area contributed by atoms with Crippen LogP contribution in [-0.2, 0) is 11.2 Å². The number of carbonyl (C=O) groups is 1. The summed E-state index contributed by atoms with van der Waals surface area (Å²) in [4.78, 5) is 11.4. The van der Waals surface area contributed by atoms with Gasteiger partial charge in [0, 0.05) is 12.3 Å². The van der Waals surface area contributed by atoms with Crippen LogP contribution in [0.3, 0.4) is 0 Å². The summed E-state index contributed by atoms with van der Waals surface area (Å²) in [5, 5.41) is 0.114. The van der Waals surface area contributed by atoms with E-state index < -0.39 is 5.82 Å². The third-order valence-electron chi connectivity index (χ3n) is 2.42. The standard InChI is InChI=1S/C12H14ClFO/c1-3-12(15)8(2)6-9-4-5-11(14)10(13)7-9/h4-5,7-8H,3,6H2,1-2H3. The number of rotatable bonds is 4. The number of ketones is 1. The van der Waals surface area contributed by atoms with Crippen molar-refractivity contribution in [2.45, 2.75) is 26.7 Å². The fourth-order valence-corrected chi connectivity index (χ4v) is 1.69. The number of carbonyl (C=O) groups excluding carboxylic acids is 1. The molecule has 0 spiro atoms. The third kappa shape index (κ3) is 3.31. The topological polar surface area (TPSA) is 17.1 Å². The van der Waals surface area contributed by atoms with Gasteiger partial charge in [-0.3, -0.25) is 4.79 Å². The number of halogens is 2. The zero-order chi connectivity index (χ0) is 11.4. The summed E-state index contributed by atoms with van der Waals surface area (Å²) in [6.45, 7) is 3.72. The molecule has 1 unspecified atom stereocenters. The van der Waals surface area contributed by atoms with Gasteiger partial charge in [-0.1, -0.05) is 31.5 Å². The summed E-state index contributed by atoms with van der Waals surface area (Å²) in [5.74, 6) is -0.234. The lowest BCUT2D eigenvalue weighted by Gasteiger charge is -2.09. The molecule has 0 bridgehead atoms. The Morgan fingerprint density at radius 2 is 2.20 bits per heavy atom. The van der Waals surface area contributed by atoms with E-state index in [9.17, 15) is 9.18 Å². The molecule has 15 heavy (non-hydrogen) atoms. The maximum Gasteiger partial charge on any atom is 0.141 e. The first-order valence-corrected chi connectivity index (χ1v) is 5.39. The average molecular weight is 229 g/mol. The van der Waals surface area contributed by atoms with Gasteiger partial charge in [0.15, 0.2) is 0 Å². The summed E-state index contributed by atoms with van der Waals surface area (Å²) in [6.07, 6.45) is 1.16. The molecule has 0 saturated carbocycles. The minimum Gasteiger partial charge on any atom is -0.299 e. The molecule has 0 aromatic heterocycles. The predicted molar refractivity (Wildman–Crippen MR) is 59.6 cm³/mol. The van der Waals surface area contributed by atoms with E-state index in [4.69, 9.17) is 11.6 Å². The highest BCUT2D eigenvalue weighted by atomic mass is 35.5. The lowest BCUT2D eigenvalue weighted by molar-refractivity contribution is -0.122. The molecule has 0 amide bonds. The SMILES string of the molecule is CCC(=O)C(C)Cc1ccc(F)c(Cl)c1.